The Morgan fingerprint density at radius 2 is 1.56 bits per heavy atom. The maximum Gasteiger partial charge on any atom is 0.146 e. The molecular weight excluding hydrogens is 581 g/mol. The molecule has 1 amide bonds. The van der Waals surface area contributed by atoms with Gasteiger partial charge in [-0.2, -0.15) is 0 Å². The molecule has 1 radical (unpaired) electrons. The molecule has 5 nitrogen and oxygen atoms in total. The zero-order valence-electron chi connectivity index (χ0n) is 21.4. The van der Waals surface area contributed by atoms with E-state index in [4.69, 9.17) is 0 Å². The Morgan fingerprint density at radius 1 is 0.944 bits per heavy atom. The number of amides is 1. The quantitative estimate of drug-likeness (QED) is 0.246. The predicted octanol–water partition coefficient (Wildman–Crippen LogP) is 4.09. The minimum absolute atomic E-state index is 0. The van der Waals surface area contributed by atoms with Gasteiger partial charge in [-0.3, -0.25) is 0 Å². The number of rotatable bonds is 7. The summed E-state index contributed by atoms with van der Waals surface area (Å²) in [7, 11) is 4.27. The number of benzene rings is 3. The van der Waals surface area contributed by atoms with Gasteiger partial charge in [0.2, 0.25) is 0 Å². The average Bonchev–Trinajstić information content (AvgIpc) is 2.88. The number of anilines is 3. The Kier molecular flexibility index (Phi) is 10.1. The van der Waals surface area contributed by atoms with Gasteiger partial charge in [-0.1, -0.05) is 13.0 Å². The van der Waals surface area contributed by atoms with Gasteiger partial charge in [0.05, 0.1) is 5.69 Å². The zero-order valence-corrected chi connectivity index (χ0v) is 24.9. The van der Waals surface area contributed by atoms with Crippen LogP contribution in [-0.4, -0.2) is 69.7 Å². The number of hydrogen-bond acceptors (Lipinski definition) is 5. The molecule has 0 atom stereocenters. The number of carbonyl (C=O) groups is 1. The van der Waals surface area contributed by atoms with Crippen LogP contribution in [-0.2, 0) is 19.9 Å². The van der Waals surface area contributed by atoms with E-state index in [0.717, 1.165) is 36.4 Å². The number of hydrogen-bond donors (Lipinski definition) is 1. The second-order valence-electron chi connectivity index (χ2n) is 9.00. The van der Waals surface area contributed by atoms with Gasteiger partial charge in [0, 0.05) is 0 Å². The Hall–Kier alpha value is -2.21. The van der Waals surface area contributed by atoms with E-state index in [1.807, 2.05) is 55.5 Å². The summed E-state index contributed by atoms with van der Waals surface area (Å²) in [5.41, 5.74) is 4.04. The van der Waals surface area contributed by atoms with Crippen molar-refractivity contribution in [1.82, 2.24) is 3.06 Å². The average molecular weight is 616 g/mol. The summed E-state index contributed by atoms with van der Waals surface area (Å²) in [6.07, 6.45) is 0.825. The van der Waals surface area contributed by atoms with Crippen molar-refractivity contribution in [1.29, 1.82) is 0 Å². The van der Waals surface area contributed by atoms with E-state index in [0.29, 0.717) is 24.3 Å². The molecule has 1 heterocycles. The largest absolute Gasteiger partial charge is 0.813 e. The van der Waals surface area contributed by atoms with Crippen LogP contribution in [0, 0.1) is 5.82 Å². The maximum absolute atomic E-state index is 14.6. The van der Waals surface area contributed by atoms with E-state index in [2.05, 4.69) is 49.3 Å². The van der Waals surface area contributed by atoms with Crippen molar-refractivity contribution in [3.63, 3.8) is 0 Å². The summed E-state index contributed by atoms with van der Waals surface area (Å²) in [6, 6.07) is 21.5. The van der Waals surface area contributed by atoms with E-state index in [1.54, 1.807) is 6.07 Å². The van der Waals surface area contributed by atoms with Crippen molar-refractivity contribution in [3.8, 4) is 0 Å². The number of carbonyl (C=O) groups excluding carboxylic acids is 1. The molecule has 0 aromatic heterocycles. The molecule has 1 aliphatic rings. The van der Waals surface area contributed by atoms with Gasteiger partial charge >= 0.3 is 163 Å². The van der Waals surface area contributed by atoms with E-state index >= 15 is 0 Å². The number of thiol groups is 1. The molecular formula is C28H35FN4OSSb. The molecule has 1 aliphatic heterocycles. The van der Waals surface area contributed by atoms with Crippen LogP contribution in [0.5, 0.6) is 0 Å². The molecule has 0 unspecified atom stereocenters. The summed E-state index contributed by atoms with van der Waals surface area (Å²) in [6.45, 7) is 4.89. The second kappa shape index (κ2) is 12.8. The van der Waals surface area contributed by atoms with Gasteiger partial charge in [0.15, 0.2) is 0 Å². The fourth-order valence-electron chi connectivity index (χ4n) is 4.35. The first kappa shape index (κ1) is 28.4. The smallest absolute Gasteiger partial charge is 0.146 e. The van der Waals surface area contributed by atoms with Gasteiger partial charge in [-0.25, -0.2) is 4.39 Å². The standard InChI is InChI=1S/C25H25FN3O.C2H6N.CH3.H2S.Sb/c1-2-19-12-13-24(22(26)18-19)29-16-14-28(15-17-29)23-11-7-6-10-21(23)25(30)27-20-8-4-3-5-9-20;1-3-2;;;/h4-13,18H,2,14-17H2,1H3,(H,27,30);1-2H3;1H3;1H2;/q;-1;;;+2/p-1. The molecule has 1 fully saturated rings. The van der Waals surface area contributed by atoms with Crippen LogP contribution >= 0.6 is 0 Å². The van der Waals surface area contributed by atoms with Gasteiger partial charge in [-0.15, -0.1) is 0 Å². The van der Waals surface area contributed by atoms with Gasteiger partial charge in [0.25, 0.3) is 0 Å². The Labute approximate surface area is 229 Å². The number of aryl methyl sites for hydroxylation is 1. The Morgan fingerprint density at radius 3 is 2.14 bits per heavy atom. The third kappa shape index (κ3) is 6.56. The Balaban J connectivity index is 0.00000361. The molecule has 0 aliphatic carbocycles. The summed E-state index contributed by atoms with van der Waals surface area (Å²) < 4.78 is 18.3. The van der Waals surface area contributed by atoms with Crippen molar-refractivity contribution in [2.24, 2.45) is 0 Å². The molecule has 3 aromatic rings. The third-order valence-corrected chi connectivity index (χ3v) is 13.0. The van der Waals surface area contributed by atoms with Crippen LogP contribution in [0.15, 0.2) is 66.7 Å². The minimum atomic E-state index is -1.58. The van der Waals surface area contributed by atoms with E-state index < -0.39 is 20.5 Å². The third-order valence-electron chi connectivity index (χ3n) is 6.63. The first-order chi connectivity index (χ1) is 16.9. The Bertz CT molecular complexity index is 1170. The number of nitrogens with one attached hydrogen (secondary N) is 1. The van der Waals surface area contributed by atoms with Crippen molar-refractivity contribution in [2.45, 2.75) is 18.2 Å². The zero-order chi connectivity index (χ0) is 24.9. The van der Waals surface area contributed by atoms with Crippen LogP contribution in [0.2, 0.25) is 4.87 Å². The van der Waals surface area contributed by atoms with Crippen LogP contribution in [0.3, 0.4) is 0 Å². The molecule has 4 rings (SSSR count). The monoisotopic (exact) mass is 615 g/mol. The molecule has 36 heavy (non-hydrogen) atoms. The summed E-state index contributed by atoms with van der Waals surface area (Å²) in [5, 5.41) is 3.07. The number of para-hydroxylation sites is 1. The van der Waals surface area contributed by atoms with Crippen LogP contribution in [0.4, 0.5) is 21.5 Å². The maximum atomic E-state index is 14.6. The minimum Gasteiger partial charge on any atom is -0.813 e. The second-order valence-corrected chi connectivity index (χ2v) is 15.7. The summed E-state index contributed by atoms with van der Waals surface area (Å²) in [5.74, 6) is -0.272. The molecule has 0 spiro atoms. The van der Waals surface area contributed by atoms with Crippen molar-refractivity contribution in [3.05, 3.63) is 83.7 Å². The van der Waals surface area contributed by atoms with E-state index in [9.17, 15) is 9.18 Å². The number of halogens is 1. The summed E-state index contributed by atoms with van der Waals surface area (Å²) >= 11 is -1.58. The van der Waals surface area contributed by atoms with Crippen LogP contribution in [0.25, 0.3) is 0 Å². The van der Waals surface area contributed by atoms with Crippen molar-refractivity contribution >= 4 is 60.5 Å². The fraction of sp³-hybridized carbons (Fsp3) is 0.321. The van der Waals surface area contributed by atoms with Crippen LogP contribution in [0.1, 0.15) is 22.8 Å². The van der Waals surface area contributed by atoms with Gasteiger partial charge in [0.1, 0.15) is 5.82 Å². The first-order valence-electron chi connectivity index (χ1n) is 12.1. The van der Waals surface area contributed by atoms with E-state index in [1.165, 1.54) is 3.51 Å². The SMILES string of the molecule is CCc1ccc(N2CCN(c3ccccc3C(=O)Nc3cc[c]([Sb+]([CH3])[N](C)C)cc3)CC2)c(F)c1.[SH-]. The molecule has 191 valence electrons. The molecule has 0 bridgehead atoms. The van der Waals surface area contributed by atoms with Gasteiger partial charge in [-0.05, 0) is 24.1 Å². The molecule has 3 aromatic carbocycles. The van der Waals surface area contributed by atoms with Crippen LogP contribution < -0.4 is 18.6 Å². The van der Waals surface area contributed by atoms with Crippen molar-refractivity contribution < 1.29 is 9.18 Å². The molecule has 8 heteroatoms. The topological polar surface area (TPSA) is 38.8 Å². The summed E-state index contributed by atoms with van der Waals surface area (Å²) in [4.78, 5) is 19.8. The van der Waals surface area contributed by atoms with Crippen molar-refractivity contribution in [2.75, 3.05) is 55.4 Å². The number of piperazine rings is 1. The first-order valence-corrected chi connectivity index (χ1v) is 17.0. The predicted molar refractivity (Wildman–Crippen MR) is 155 cm³/mol. The van der Waals surface area contributed by atoms with E-state index in [-0.39, 0.29) is 25.2 Å². The van der Waals surface area contributed by atoms with Gasteiger partial charge < -0.3 is 13.5 Å². The normalized spacial score (nSPS) is 13.6. The molecule has 1 N–H and O–H groups in total. The molecule has 0 saturated carbocycles. The number of nitrogens with zero attached hydrogens (tertiary/aromatic N) is 3. The molecule has 1 saturated heterocycles. The fourth-order valence-corrected chi connectivity index (χ4v) is 7.32.